The van der Waals surface area contributed by atoms with Gasteiger partial charge in [-0.3, -0.25) is 9.59 Å². The summed E-state index contributed by atoms with van der Waals surface area (Å²) in [7, 11) is 1.53. The number of methoxy groups -OCH3 is 1. The van der Waals surface area contributed by atoms with Crippen LogP contribution in [0.1, 0.15) is 6.92 Å². The number of anilines is 2. The number of nitrogens with zero attached hydrogens (tertiary/aromatic N) is 1. The quantitative estimate of drug-likeness (QED) is 0.557. The van der Waals surface area contributed by atoms with Gasteiger partial charge in [0, 0.05) is 23.6 Å². The number of amides is 2. The predicted molar refractivity (Wildman–Crippen MR) is 114 cm³/mol. The third-order valence-electron chi connectivity index (χ3n) is 3.67. The summed E-state index contributed by atoms with van der Waals surface area (Å²) in [5.74, 6) is 0.374. The predicted octanol–water partition coefficient (Wildman–Crippen LogP) is 4.51. The first kappa shape index (κ1) is 19.9. The Kier molecular flexibility index (Phi) is 6.67. The van der Waals surface area contributed by atoms with Gasteiger partial charge in [0.1, 0.15) is 5.75 Å². The van der Waals surface area contributed by atoms with Gasteiger partial charge in [0.05, 0.1) is 24.2 Å². The zero-order valence-electron chi connectivity index (χ0n) is 15.4. The molecular formula is C20H19N3O3S2. The molecule has 8 heteroatoms. The number of thiazole rings is 1. The smallest absolute Gasteiger partial charge is 0.234 e. The van der Waals surface area contributed by atoms with Crippen molar-refractivity contribution >= 4 is 46.3 Å². The number of hydrogen-bond donors (Lipinski definition) is 2. The minimum absolute atomic E-state index is 0.181. The van der Waals surface area contributed by atoms with Crippen LogP contribution in [-0.4, -0.2) is 29.7 Å². The second kappa shape index (κ2) is 9.38. The van der Waals surface area contributed by atoms with Crippen LogP contribution < -0.4 is 15.4 Å². The summed E-state index contributed by atoms with van der Waals surface area (Å²) in [5.41, 5.74) is 3.04. The molecule has 6 nitrogen and oxygen atoms in total. The molecule has 2 amide bonds. The molecule has 1 aromatic heterocycles. The van der Waals surface area contributed by atoms with Crippen LogP contribution in [0.5, 0.6) is 5.75 Å². The zero-order chi connectivity index (χ0) is 19.9. The monoisotopic (exact) mass is 413 g/mol. The number of rotatable bonds is 7. The molecular weight excluding hydrogens is 394 g/mol. The van der Waals surface area contributed by atoms with E-state index < -0.39 is 0 Å². The summed E-state index contributed by atoms with van der Waals surface area (Å²) in [5, 5.41) is 7.49. The lowest BCUT2D eigenvalue weighted by Crippen LogP contribution is -2.15. The van der Waals surface area contributed by atoms with E-state index in [4.69, 9.17) is 4.74 Å². The molecule has 0 saturated carbocycles. The molecule has 0 spiro atoms. The molecule has 0 aliphatic carbocycles. The molecule has 2 aromatic carbocycles. The lowest BCUT2D eigenvalue weighted by atomic mass is 10.2. The van der Waals surface area contributed by atoms with E-state index in [1.165, 1.54) is 37.1 Å². The van der Waals surface area contributed by atoms with E-state index in [0.717, 1.165) is 15.6 Å². The lowest BCUT2D eigenvalue weighted by Gasteiger charge is -2.12. The Morgan fingerprint density at radius 3 is 2.64 bits per heavy atom. The first-order valence-corrected chi connectivity index (χ1v) is 10.3. The number of carbonyl (C=O) groups excluding carboxylic acids is 2. The van der Waals surface area contributed by atoms with Crippen LogP contribution in [0, 0.1) is 0 Å². The van der Waals surface area contributed by atoms with Gasteiger partial charge in [-0.15, -0.1) is 11.3 Å². The first-order chi connectivity index (χ1) is 13.5. The molecule has 144 valence electrons. The molecule has 0 saturated heterocycles. The summed E-state index contributed by atoms with van der Waals surface area (Å²) >= 11 is 2.89. The fraction of sp³-hybridized carbons (Fsp3) is 0.150. The van der Waals surface area contributed by atoms with Crippen molar-refractivity contribution in [2.75, 3.05) is 23.5 Å². The van der Waals surface area contributed by atoms with Crippen LogP contribution in [0.15, 0.2) is 58.3 Å². The van der Waals surface area contributed by atoms with E-state index in [-0.39, 0.29) is 17.6 Å². The summed E-state index contributed by atoms with van der Waals surface area (Å²) < 4.78 is 6.10. The maximum Gasteiger partial charge on any atom is 0.234 e. The van der Waals surface area contributed by atoms with Crippen molar-refractivity contribution in [3.8, 4) is 17.0 Å². The maximum atomic E-state index is 12.4. The van der Waals surface area contributed by atoms with E-state index in [9.17, 15) is 9.59 Å². The largest absolute Gasteiger partial charge is 0.495 e. The van der Waals surface area contributed by atoms with E-state index in [1.54, 1.807) is 18.2 Å². The molecule has 0 fully saturated rings. The average molecular weight is 414 g/mol. The molecule has 0 aliphatic heterocycles. The average Bonchev–Trinajstić information content (AvgIpc) is 3.16. The van der Waals surface area contributed by atoms with E-state index in [0.29, 0.717) is 17.1 Å². The Balaban J connectivity index is 1.61. The molecule has 28 heavy (non-hydrogen) atoms. The molecule has 1 heterocycles. The SMILES string of the molecule is COc1ccc(NC(C)=O)cc1NC(=O)CSc1nc(-c2ccccc2)cs1. The number of hydrogen-bond acceptors (Lipinski definition) is 6. The van der Waals surface area contributed by atoms with Crippen LogP contribution in [0.4, 0.5) is 11.4 Å². The fourth-order valence-corrected chi connectivity index (χ4v) is 4.10. The van der Waals surface area contributed by atoms with E-state index >= 15 is 0 Å². The highest BCUT2D eigenvalue weighted by Crippen LogP contribution is 2.30. The van der Waals surface area contributed by atoms with Crippen LogP contribution in [0.3, 0.4) is 0 Å². The Morgan fingerprint density at radius 2 is 1.93 bits per heavy atom. The Labute approximate surface area is 171 Å². The Bertz CT molecular complexity index is 974. The molecule has 0 atom stereocenters. The fourth-order valence-electron chi connectivity index (χ4n) is 2.47. The molecule has 3 aromatic rings. The molecule has 0 unspecified atom stereocenters. The van der Waals surface area contributed by atoms with Gasteiger partial charge >= 0.3 is 0 Å². The van der Waals surface area contributed by atoms with Crippen molar-refractivity contribution in [1.29, 1.82) is 0 Å². The Morgan fingerprint density at radius 1 is 1.14 bits per heavy atom. The van der Waals surface area contributed by atoms with Crippen molar-refractivity contribution in [3.63, 3.8) is 0 Å². The molecule has 0 radical (unpaired) electrons. The van der Waals surface area contributed by atoms with Crippen molar-refractivity contribution < 1.29 is 14.3 Å². The van der Waals surface area contributed by atoms with Gasteiger partial charge in [-0.25, -0.2) is 4.98 Å². The second-order valence-electron chi connectivity index (χ2n) is 5.80. The number of aromatic nitrogens is 1. The van der Waals surface area contributed by atoms with Gasteiger partial charge in [0.15, 0.2) is 4.34 Å². The Hall–Kier alpha value is -2.84. The van der Waals surface area contributed by atoms with Gasteiger partial charge in [-0.2, -0.15) is 0 Å². The van der Waals surface area contributed by atoms with Crippen LogP contribution in [0.2, 0.25) is 0 Å². The van der Waals surface area contributed by atoms with Crippen LogP contribution >= 0.6 is 23.1 Å². The number of nitrogens with one attached hydrogen (secondary N) is 2. The normalized spacial score (nSPS) is 10.4. The highest BCUT2D eigenvalue weighted by molar-refractivity contribution is 8.01. The summed E-state index contributed by atoms with van der Waals surface area (Å²) in [6, 6.07) is 15.0. The van der Waals surface area contributed by atoms with Crippen LogP contribution in [-0.2, 0) is 9.59 Å². The second-order valence-corrected chi connectivity index (χ2v) is 7.88. The number of thioether (sulfide) groups is 1. The van der Waals surface area contributed by atoms with Gasteiger partial charge < -0.3 is 15.4 Å². The number of ether oxygens (including phenoxy) is 1. The highest BCUT2D eigenvalue weighted by Gasteiger charge is 2.12. The maximum absolute atomic E-state index is 12.4. The molecule has 0 bridgehead atoms. The zero-order valence-corrected chi connectivity index (χ0v) is 17.0. The summed E-state index contributed by atoms with van der Waals surface area (Å²) in [4.78, 5) is 28.2. The minimum atomic E-state index is -0.184. The van der Waals surface area contributed by atoms with Crippen molar-refractivity contribution in [1.82, 2.24) is 4.98 Å². The number of carbonyl (C=O) groups is 2. The summed E-state index contributed by atoms with van der Waals surface area (Å²) in [6.07, 6.45) is 0. The molecule has 0 aliphatic rings. The first-order valence-electron chi connectivity index (χ1n) is 8.44. The molecule has 3 rings (SSSR count). The van der Waals surface area contributed by atoms with Gasteiger partial charge in [0.25, 0.3) is 0 Å². The van der Waals surface area contributed by atoms with Crippen molar-refractivity contribution in [2.24, 2.45) is 0 Å². The third-order valence-corrected chi connectivity index (χ3v) is 5.69. The summed E-state index contributed by atoms with van der Waals surface area (Å²) in [6.45, 7) is 1.43. The van der Waals surface area contributed by atoms with E-state index in [2.05, 4.69) is 15.6 Å². The van der Waals surface area contributed by atoms with Gasteiger partial charge in [-0.1, -0.05) is 42.1 Å². The standard InChI is InChI=1S/C20H19N3O3S2/c1-13(24)21-15-8-9-18(26-2)16(10-15)22-19(25)12-28-20-23-17(11-27-20)14-6-4-3-5-7-14/h3-11H,12H2,1-2H3,(H,21,24)(H,22,25). The topological polar surface area (TPSA) is 80.3 Å². The minimum Gasteiger partial charge on any atom is -0.495 e. The van der Waals surface area contributed by atoms with Crippen LogP contribution in [0.25, 0.3) is 11.3 Å². The van der Waals surface area contributed by atoms with Gasteiger partial charge in [-0.05, 0) is 18.2 Å². The lowest BCUT2D eigenvalue weighted by molar-refractivity contribution is -0.114. The van der Waals surface area contributed by atoms with Crippen molar-refractivity contribution in [2.45, 2.75) is 11.3 Å². The van der Waals surface area contributed by atoms with Gasteiger partial charge in [0.2, 0.25) is 11.8 Å². The number of benzene rings is 2. The highest BCUT2D eigenvalue weighted by atomic mass is 32.2. The third kappa shape index (κ3) is 5.34. The van der Waals surface area contributed by atoms with E-state index in [1.807, 2.05) is 35.7 Å². The molecule has 2 N–H and O–H groups in total. The van der Waals surface area contributed by atoms with Crippen molar-refractivity contribution in [3.05, 3.63) is 53.9 Å².